The highest BCUT2D eigenvalue weighted by atomic mass is 79.9. The number of hydrogen-bond donors (Lipinski definition) is 1. The minimum atomic E-state index is -0.0466. The number of halogens is 2. The fourth-order valence-corrected chi connectivity index (χ4v) is 2.44. The SMILES string of the molecule is Cc1ccc(Cl)cc1C(=O)NC(CCBr)C(C)C. The molecule has 0 saturated carbocycles. The van der Waals surface area contributed by atoms with E-state index in [0.717, 1.165) is 17.3 Å². The van der Waals surface area contributed by atoms with Crippen molar-refractivity contribution in [3.63, 3.8) is 0 Å². The summed E-state index contributed by atoms with van der Waals surface area (Å²) in [6.07, 6.45) is 0.920. The standard InChI is InChI=1S/C14H19BrClNO/c1-9(2)13(6-7-15)17-14(18)12-8-11(16)5-4-10(12)3/h4-5,8-9,13H,6-7H2,1-3H3,(H,17,18). The second-order valence-electron chi connectivity index (χ2n) is 4.76. The zero-order chi connectivity index (χ0) is 13.7. The number of aryl methyl sites for hydroxylation is 1. The van der Waals surface area contributed by atoms with Crippen LogP contribution in [0.1, 0.15) is 36.2 Å². The van der Waals surface area contributed by atoms with Gasteiger partial charge >= 0.3 is 0 Å². The first kappa shape index (κ1) is 15.5. The van der Waals surface area contributed by atoms with Crippen LogP contribution < -0.4 is 5.32 Å². The minimum Gasteiger partial charge on any atom is -0.349 e. The molecule has 0 aromatic heterocycles. The molecule has 0 fully saturated rings. The molecule has 0 heterocycles. The van der Waals surface area contributed by atoms with E-state index in [1.54, 1.807) is 12.1 Å². The Morgan fingerprint density at radius 2 is 2.11 bits per heavy atom. The summed E-state index contributed by atoms with van der Waals surface area (Å²) in [5.74, 6) is 0.362. The fraction of sp³-hybridized carbons (Fsp3) is 0.500. The van der Waals surface area contributed by atoms with Gasteiger partial charge in [0.05, 0.1) is 0 Å². The highest BCUT2D eigenvalue weighted by molar-refractivity contribution is 9.09. The van der Waals surface area contributed by atoms with Crippen molar-refractivity contribution in [3.05, 3.63) is 34.3 Å². The molecule has 1 aromatic carbocycles. The Hall–Kier alpha value is -0.540. The minimum absolute atomic E-state index is 0.0466. The summed E-state index contributed by atoms with van der Waals surface area (Å²) in [6.45, 7) is 6.14. The van der Waals surface area contributed by atoms with E-state index < -0.39 is 0 Å². The van der Waals surface area contributed by atoms with Crippen molar-refractivity contribution in [1.29, 1.82) is 0 Å². The molecule has 100 valence electrons. The van der Waals surface area contributed by atoms with E-state index in [4.69, 9.17) is 11.6 Å². The van der Waals surface area contributed by atoms with E-state index >= 15 is 0 Å². The molecule has 18 heavy (non-hydrogen) atoms. The van der Waals surface area contributed by atoms with Crippen LogP contribution in [0.4, 0.5) is 0 Å². The molecule has 0 bridgehead atoms. The van der Waals surface area contributed by atoms with Crippen LogP contribution in [0.25, 0.3) is 0 Å². The van der Waals surface area contributed by atoms with Gasteiger partial charge in [-0.1, -0.05) is 47.4 Å². The summed E-state index contributed by atoms with van der Waals surface area (Å²) in [7, 11) is 0. The van der Waals surface area contributed by atoms with Crippen molar-refractivity contribution in [1.82, 2.24) is 5.32 Å². The molecule has 1 amide bonds. The van der Waals surface area contributed by atoms with Crippen LogP contribution in [-0.4, -0.2) is 17.3 Å². The fourth-order valence-electron chi connectivity index (χ4n) is 1.77. The third kappa shape index (κ3) is 4.29. The molecule has 0 aliphatic rings. The monoisotopic (exact) mass is 331 g/mol. The van der Waals surface area contributed by atoms with Crippen molar-refractivity contribution in [3.8, 4) is 0 Å². The lowest BCUT2D eigenvalue weighted by Gasteiger charge is -2.22. The van der Waals surface area contributed by atoms with Crippen LogP contribution in [0.15, 0.2) is 18.2 Å². The summed E-state index contributed by atoms with van der Waals surface area (Å²) < 4.78 is 0. The second-order valence-corrected chi connectivity index (χ2v) is 5.99. The van der Waals surface area contributed by atoms with Gasteiger partial charge in [-0.25, -0.2) is 0 Å². The highest BCUT2D eigenvalue weighted by Gasteiger charge is 2.17. The van der Waals surface area contributed by atoms with Crippen LogP contribution in [0, 0.1) is 12.8 Å². The number of alkyl halides is 1. The number of amides is 1. The molecule has 0 radical (unpaired) electrons. The topological polar surface area (TPSA) is 29.1 Å². The lowest BCUT2D eigenvalue weighted by molar-refractivity contribution is 0.0924. The van der Waals surface area contributed by atoms with Gasteiger partial charge in [-0.3, -0.25) is 4.79 Å². The van der Waals surface area contributed by atoms with E-state index in [9.17, 15) is 4.79 Å². The first-order chi connectivity index (χ1) is 8.45. The van der Waals surface area contributed by atoms with E-state index in [1.165, 1.54) is 0 Å². The van der Waals surface area contributed by atoms with Gasteiger partial charge in [-0.15, -0.1) is 0 Å². The summed E-state index contributed by atoms with van der Waals surface area (Å²) in [4.78, 5) is 12.2. The molecule has 1 atom stereocenters. The Labute approximate surface area is 122 Å². The summed E-state index contributed by atoms with van der Waals surface area (Å²) in [5, 5.41) is 4.54. The Morgan fingerprint density at radius 3 is 2.67 bits per heavy atom. The smallest absolute Gasteiger partial charge is 0.251 e. The van der Waals surface area contributed by atoms with Gasteiger partial charge < -0.3 is 5.32 Å². The zero-order valence-electron chi connectivity index (χ0n) is 11.0. The Balaban J connectivity index is 2.83. The molecular formula is C14H19BrClNO. The molecule has 1 rings (SSSR count). The molecule has 0 saturated heterocycles. The van der Waals surface area contributed by atoms with Crippen molar-refractivity contribution in [2.24, 2.45) is 5.92 Å². The van der Waals surface area contributed by atoms with Gasteiger partial charge in [-0.05, 0) is 37.0 Å². The quantitative estimate of drug-likeness (QED) is 0.805. The van der Waals surface area contributed by atoms with Crippen LogP contribution in [-0.2, 0) is 0 Å². The number of carbonyl (C=O) groups excluding carboxylic acids is 1. The van der Waals surface area contributed by atoms with E-state index in [2.05, 4.69) is 35.1 Å². The van der Waals surface area contributed by atoms with Crippen molar-refractivity contribution in [2.75, 3.05) is 5.33 Å². The molecule has 1 aromatic rings. The lowest BCUT2D eigenvalue weighted by atomic mass is 10.0. The Bertz CT molecular complexity index is 420. The first-order valence-corrected chi connectivity index (χ1v) is 7.58. The van der Waals surface area contributed by atoms with Crippen LogP contribution in [0.5, 0.6) is 0 Å². The molecule has 1 N–H and O–H groups in total. The number of carbonyl (C=O) groups is 1. The third-order valence-corrected chi connectivity index (χ3v) is 3.68. The summed E-state index contributed by atoms with van der Waals surface area (Å²) >= 11 is 9.35. The maximum absolute atomic E-state index is 12.2. The number of benzene rings is 1. The number of rotatable bonds is 5. The molecule has 1 unspecified atom stereocenters. The predicted molar refractivity (Wildman–Crippen MR) is 80.7 cm³/mol. The lowest BCUT2D eigenvalue weighted by Crippen LogP contribution is -2.39. The van der Waals surface area contributed by atoms with E-state index in [0.29, 0.717) is 16.5 Å². The van der Waals surface area contributed by atoms with Gasteiger partial charge in [-0.2, -0.15) is 0 Å². The Morgan fingerprint density at radius 1 is 1.44 bits per heavy atom. The van der Waals surface area contributed by atoms with Gasteiger partial charge in [0.2, 0.25) is 0 Å². The average molecular weight is 333 g/mol. The number of hydrogen-bond acceptors (Lipinski definition) is 1. The highest BCUT2D eigenvalue weighted by Crippen LogP contribution is 2.16. The van der Waals surface area contributed by atoms with Gasteiger partial charge in [0, 0.05) is 22.0 Å². The molecule has 0 spiro atoms. The molecular weight excluding hydrogens is 314 g/mol. The van der Waals surface area contributed by atoms with Crippen LogP contribution in [0.2, 0.25) is 5.02 Å². The second kappa shape index (κ2) is 7.15. The predicted octanol–water partition coefficient (Wildman–Crippen LogP) is 4.19. The summed E-state index contributed by atoms with van der Waals surface area (Å²) in [5.41, 5.74) is 1.60. The van der Waals surface area contributed by atoms with Crippen molar-refractivity contribution < 1.29 is 4.79 Å². The van der Waals surface area contributed by atoms with Gasteiger partial charge in [0.1, 0.15) is 0 Å². The van der Waals surface area contributed by atoms with Crippen molar-refractivity contribution >= 4 is 33.4 Å². The average Bonchev–Trinajstić information content (AvgIpc) is 2.31. The van der Waals surface area contributed by atoms with Gasteiger partial charge in [0.25, 0.3) is 5.91 Å². The van der Waals surface area contributed by atoms with Crippen LogP contribution in [0.3, 0.4) is 0 Å². The largest absolute Gasteiger partial charge is 0.349 e. The third-order valence-electron chi connectivity index (χ3n) is 2.99. The Kier molecular flexibility index (Phi) is 6.16. The first-order valence-electron chi connectivity index (χ1n) is 6.08. The normalized spacial score (nSPS) is 12.6. The van der Waals surface area contributed by atoms with E-state index in [1.807, 2.05) is 13.0 Å². The zero-order valence-corrected chi connectivity index (χ0v) is 13.3. The molecule has 0 aliphatic heterocycles. The molecule has 4 heteroatoms. The maximum Gasteiger partial charge on any atom is 0.251 e. The summed E-state index contributed by atoms with van der Waals surface area (Å²) in [6, 6.07) is 5.56. The molecule has 0 aliphatic carbocycles. The van der Waals surface area contributed by atoms with Gasteiger partial charge in [0.15, 0.2) is 0 Å². The van der Waals surface area contributed by atoms with E-state index in [-0.39, 0.29) is 11.9 Å². The maximum atomic E-state index is 12.2. The van der Waals surface area contributed by atoms with Crippen molar-refractivity contribution in [2.45, 2.75) is 33.2 Å². The van der Waals surface area contributed by atoms with Crippen LogP contribution >= 0.6 is 27.5 Å². The molecule has 2 nitrogen and oxygen atoms in total. The number of nitrogens with one attached hydrogen (secondary N) is 1.